The fourth-order valence-electron chi connectivity index (χ4n) is 1.82. The van der Waals surface area contributed by atoms with Crippen LogP contribution < -0.4 is 0 Å². The van der Waals surface area contributed by atoms with Crippen molar-refractivity contribution in [2.75, 3.05) is 6.61 Å². The third kappa shape index (κ3) is 3.81. The van der Waals surface area contributed by atoms with Crippen LogP contribution in [0.5, 0.6) is 0 Å². The van der Waals surface area contributed by atoms with E-state index in [0.29, 0.717) is 21.2 Å². The second-order valence-corrected chi connectivity index (χ2v) is 6.82. The fraction of sp³-hybridized carbons (Fsp3) is 0.375. The summed E-state index contributed by atoms with van der Waals surface area (Å²) in [6.45, 7) is 5.26. The van der Waals surface area contributed by atoms with Gasteiger partial charge >= 0.3 is 11.9 Å². The molecule has 118 valence electrons. The first-order valence-electron chi connectivity index (χ1n) is 6.74. The molecule has 0 saturated heterocycles. The summed E-state index contributed by atoms with van der Waals surface area (Å²) in [4.78, 5) is 23.6. The van der Waals surface area contributed by atoms with Gasteiger partial charge in [0.05, 0.1) is 21.0 Å². The highest BCUT2D eigenvalue weighted by molar-refractivity contribution is 6.42. The van der Waals surface area contributed by atoms with Gasteiger partial charge in [-0.2, -0.15) is 0 Å². The molecule has 0 bridgehead atoms. The standard InChI is InChI=1S/C16H16Cl2O4/c1-16(2,3)15(20)21-8-10-7-11(14(19)22-10)9-4-5-12(17)13(18)6-9/h4-7,10H,8H2,1-3H3/t10-/m0/s1. The SMILES string of the molecule is CC(C)(C)C(=O)OC[C@@H]1C=C(c2ccc(Cl)c(Cl)c2)C(=O)O1. The van der Waals surface area contributed by atoms with Gasteiger partial charge in [0.15, 0.2) is 6.10 Å². The van der Waals surface area contributed by atoms with Crippen molar-refractivity contribution < 1.29 is 19.1 Å². The quantitative estimate of drug-likeness (QED) is 0.782. The Morgan fingerprint density at radius 2 is 1.95 bits per heavy atom. The van der Waals surface area contributed by atoms with Crippen molar-refractivity contribution in [3.8, 4) is 0 Å². The smallest absolute Gasteiger partial charge is 0.339 e. The zero-order valence-corrected chi connectivity index (χ0v) is 14.0. The van der Waals surface area contributed by atoms with Gasteiger partial charge in [-0.15, -0.1) is 0 Å². The van der Waals surface area contributed by atoms with Gasteiger partial charge < -0.3 is 9.47 Å². The molecule has 0 aromatic heterocycles. The van der Waals surface area contributed by atoms with Gasteiger partial charge in [-0.3, -0.25) is 4.79 Å². The van der Waals surface area contributed by atoms with Gasteiger partial charge in [-0.05, 0) is 44.5 Å². The maximum Gasteiger partial charge on any atom is 0.339 e. The maximum atomic E-state index is 11.9. The maximum absolute atomic E-state index is 11.9. The molecule has 1 heterocycles. The van der Waals surface area contributed by atoms with Crippen molar-refractivity contribution in [2.24, 2.45) is 5.41 Å². The number of esters is 2. The topological polar surface area (TPSA) is 52.6 Å². The van der Waals surface area contributed by atoms with E-state index in [1.807, 2.05) is 0 Å². The van der Waals surface area contributed by atoms with Gasteiger partial charge in [0.2, 0.25) is 0 Å². The Hall–Kier alpha value is -1.52. The van der Waals surface area contributed by atoms with E-state index >= 15 is 0 Å². The normalized spacial score (nSPS) is 18.0. The molecule has 1 aromatic carbocycles. The molecule has 1 aromatic rings. The number of hydrogen-bond acceptors (Lipinski definition) is 4. The van der Waals surface area contributed by atoms with Gasteiger partial charge in [0.1, 0.15) is 6.61 Å². The average molecular weight is 343 g/mol. The molecule has 1 aliphatic rings. The molecule has 1 atom stereocenters. The monoisotopic (exact) mass is 342 g/mol. The lowest BCUT2D eigenvalue weighted by Gasteiger charge is -2.17. The Balaban J connectivity index is 2.09. The first kappa shape index (κ1) is 16.8. The van der Waals surface area contributed by atoms with Crippen LogP contribution in [0, 0.1) is 5.41 Å². The number of ether oxygens (including phenoxy) is 2. The van der Waals surface area contributed by atoms with E-state index in [4.69, 9.17) is 32.7 Å². The Labute approximate surface area is 139 Å². The molecule has 0 N–H and O–H groups in total. The van der Waals surface area contributed by atoms with E-state index in [2.05, 4.69) is 0 Å². The van der Waals surface area contributed by atoms with Gasteiger partial charge in [-0.1, -0.05) is 29.3 Å². The van der Waals surface area contributed by atoms with E-state index in [1.165, 1.54) is 0 Å². The first-order chi connectivity index (χ1) is 10.2. The van der Waals surface area contributed by atoms with Crippen LogP contribution in [-0.4, -0.2) is 24.6 Å². The fourth-order valence-corrected chi connectivity index (χ4v) is 2.12. The van der Waals surface area contributed by atoms with E-state index in [-0.39, 0.29) is 12.6 Å². The molecule has 6 heteroatoms. The lowest BCUT2D eigenvalue weighted by molar-refractivity contribution is -0.158. The molecule has 22 heavy (non-hydrogen) atoms. The molecule has 2 rings (SSSR count). The molecule has 0 unspecified atom stereocenters. The molecule has 1 aliphatic heterocycles. The van der Waals surface area contributed by atoms with E-state index in [9.17, 15) is 9.59 Å². The van der Waals surface area contributed by atoms with Crippen LogP contribution in [0.4, 0.5) is 0 Å². The van der Waals surface area contributed by atoms with Crippen molar-refractivity contribution in [2.45, 2.75) is 26.9 Å². The Morgan fingerprint density at radius 1 is 1.27 bits per heavy atom. The van der Waals surface area contributed by atoms with Crippen molar-refractivity contribution in [1.82, 2.24) is 0 Å². The summed E-state index contributed by atoms with van der Waals surface area (Å²) in [5.74, 6) is -0.824. The zero-order chi connectivity index (χ0) is 16.5. The zero-order valence-electron chi connectivity index (χ0n) is 12.5. The Kier molecular flexibility index (Phi) is 4.83. The number of cyclic esters (lactones) is 1. The predicted octanol–water partition coefficient (Wildman–Crippen LogP) is 3.89. The van der Waals surface area contributed by atoms with Crippen molar-refractivity contribution in [3.63, 3.8) is 0 Å². The third-order valence-electron chi connectivity index (χ3n) is 3.05. The summed E-state index contributed by atoms with van der Waals surface area (Å²) in [6.07, 6.45) is 1.03. The molecule has 0 spiro atoms. The highest BCUT2D eigenvalue weighted by atomic mass is 35.5. The van der Waals surface area contributed by atoms with Crippen LogP contribution in [0.2, 0.25) is 10.0 Å². The second-order valence-electron chi connectivity index (χ2n) is 6.00. The highest BCUT2D eigenvalue weighted by Crippen LogP contribution is 2.30. The minimum Gasteiger partial charge on any atom is -0.461 e. The highest BCUT2D eigenvalue weighted by Gasteiger charge is 2.30. The summed E-state index contributed by atoms with van der Waals surface area (Å²) in [5, 5.41) is 0.767. The van der Waals surface area contributed by atoms with Gasteiger partial charge in [0.25, 0.3) is 0 Å². The molecule has 0 saturated carbocycles. The van der Waals surface area contributed by atoms with E-state index in [0.717, 1.165) is 0 Å². The summed E-state index contributed by atoms with van der Waals surface area (Å²) in [5.41, 5.74) is 0.401. The number of rotatable bonds is 3. The van der Waals surface area contributed by atoms with Gasteiger partial charge in [-0.25, -0.2) is 4.79 Å². The third-order valence-corrected chi connectivity index (χ3v) is 3.79. The van der Waals surface area contributed by atoms with Crippen LogP contribution in [0.1, 0.15) is 26.3 Å². The molecule has 0 aliphatic carbocycles. The largest absolute Gasteiger partial charge is 0.461 e. The molecule has 0 fully saturated rings. The average Bonchev–Trinajstić information content (AvgIpc) is 2.79. The van der Waals surface area contributed by atoms with Crippen molar-refractivity contribution in [3.05, 3.63) is 39.9 Å². The number of hydrogen-bond donors (Lipinski definition) is 0. The lowest BCUT2D eigenvalue weighted by atomic mass is 9.97. The van der Waals surface area contributed by atoms with Crippen molar-refractivity contribution >= 4 is 40.7 Å². The van der Waals surface area contributed by atoms with Crippen LogP contribution >= 0.6 is 23.2 Å². The number of benzene rings is 1. The number of halogens is 2. The predicted molar refractivity (Wildman–Crippen MR) is 84.7 cm³/mol. The Morgan fingerprint density at radius 3 is 2.55 bits per heavy atom. The molecule has 0 amide bonds. The summed E-state index contributed by atoms with van der Waals surface area (Å²) >= 11 is 11.8. The first-order valence-corrected chi connectivity index (χ1v) is 7.49. The molecule has 4 nitrogen and oxygen atoms in total. The van der Waals surface area contributed by atoms with Gasteiger partial charge in [0, 0.05) is 0 Å². The molecular weight excluding hydrogens is 327 g/mol. The Bertz CT molecular complexity index is 644. The van der Waals surface area contributed by atoms with Crippen LogP contribution in [0.15, 0.2) is 24.3 Å². The number of carbonyl (C=O) groups is 2. The molecule has 0 radical (unpaired) electrons. The van der Waals surface area contributed by atoms with E-state index in [1.54, 1.807) is 45.0 Å². The van der Waals surface area contributed by atoms with Crippen LogP contribution in [0.25, 0.3) is 5.57 Å². The summed E-state index contributed by atoms with van der Waals surface area (Å²) in [7, 11) is 0. The van der Waals surface area contributed by atoms with Crippen LogP contribution in [-0.2, 0) is 19.1 Å². The minimum atomic E-state index is -0.598. The second kappa shape index (κ2) is 6.31. The summed E-state index contributed by atoms with van der Waals surface area (Å²) in [6, 6.07) is 4.89. The van der Waals surface area contributed by atoms with E-state index < -0.39 is 17.5 Å². The van der Waals surface area contributed by atoms with Crippen LogP contribution in [0.3, 0.4) is 0 Å². The lowest BCUT2D eigenvalue weighted by Crippen LogP contribution is -2.27. The van der Waals surface area contributed by atoms with Crippen molar-refractivity contribution in [1.29, 1.82) is 0 Å². The molecular formula is C16H16Cl2O4. The number of carbonyl (C=O) groups excluding carboxylic acids is 2. The summed E-state index contributed by atoms with van der Waals surface area (Å²) < 4.78 is 10.3. The minimum absolute atomic E-state index is 0.00728.